The van der Waals surface area contributed by atoms with Gasteiger partial charge in [-0.3, -0.25) is 4.90 Å². The summed E-state index contributed by atoms with van der Waals surface area (Å²) in [7, 11) is 0. The van der Waals surface area contributed by atoms with Gasteiger partial charge in [0.05, 0.1) is 0 Å². The van der Waals surface area contributed by atoms with Crippen molar-refractivity contribution in [1.82, 2.24) is 4.90 Å². The average Bonchev–Trinajstić information content (AvgIpc) is 2.42. The highest BCUT2D eigenvalue weighted by Gasteiger charge is 2.32. The Morgan fingerprint density at radius 1 is 1.50 bits per heavy atom. The molecule has 1 fully saturated rings. The smallest absolute Gasteiger partial charge is 0.140 e. The van der Waals surface area contributed by atoms with E-state index in [1.807, 2.05) is 0 Å². The van der Waals surface area contributed by atoms with Crippen molar-refractivity contribution in [2.24, 2.45) is 22.7 Å². The molecule has 1 saturated heterocycles. The first-order valence-corrected chi connectivity index (χ1v) is 5.26. The van der Waals surface area contributed by atoms with Crippen LogP contribution in [0.2, 0.25) is 0 Å². The third kappa shape index (κ3) is 2.38. The Balaban J connectivity index is 2.40. The molecule has 0 aliphatic carbocycles. The lowest BCUT2D eigenvalue weighted by atomic mass is 9.95. The Labute approximate surface area is 85.8 Å². The third-order valence-electron chi connectivity index (χ3n) is 3.54. The van der Waals surface area contributed by atoms with Crippen molar-refractivity contribution in [3.05, 3.63) is 0 Å². The second-order valence-electron chi connectivity index (χ2n) is 4.41. The fourth-order valence-corrected chi connectivity index (χ4v) is 2.11. The first-order chi connectivity index (χ1) is 6.56. The molecule has 1 aliphatic rings. The summed E-state index contributed by atoms with van der Waals surface area (Å²) >= 11 is 0. The molecular weight excluding hydrogens is 178 g/mol. The van der Waals surface area contributed by atoms with Gasteiger partial charge in [-0.05, 0) is 18.8 Å². The Morgan fingerprint density at radius 3 is 2.57 bits per heavy atom. The van der Waals surface area contributed by atoms with Crippen LogP contribution >= 0.6 is 0 Å². The molecule has 0 saturated carbocycles. The fraction of sp³-hybridized carbons (Fsp3) is 0.900. The summed E-state index contributed by atoms with van der Waals surface area (Å²) in [6.45, 7) is 8.84. The molecule has 0 spiro atoms. The van der Waals surface area contributed by atoms with Gasteiger partial charge in [-0.15, -0.1) is 0 Å². The second-order valence-corrected chi connectivity index (χ2v) is 4.41. The van der Waals surface area contributed by atoms with Crippen LogP contribution in [0.4, 0.5) is 0 Å². The molecule has 0 aromatic rings. The van der Waals surface area contributed by atoms with Gasteiger partial charge in [0.15, 0.2) is 0 Å². The zero-order valence-electron chi connectivity index (χ0n) is 9.27. The number of rotatable bonds is 3. The highest BCUT2D eigenvalue weighted by Crippen LogP contribution is 2.28. The highest BCUT2D eigenvalue weighted by molar-refractivity contribution is 5.79. The van der Waals surface area contributed by atoms with Crippen molar-refractivity contribution < 1.29 is 5.21 Å². The molecule has 1 heterocycles. The summed E-state index contributed by atoms with van der Waals surface area (Å²) in [5.41, 5.74) is 5.44. The van der Waals surface area contributed by atoms with Gasteiger partial charge in [-0.25, -0.2) is 0 Å². The van der Waals surface area contributed by atoms with Crippen LogP contribution in [-0.4, -0.2) is 35.1 Å². The van der Waals surface area contributed by atoms with E-state index in [4.69, 9.17) is 10.9 Å². The van der Waals surface area contributed by atoms with E-state index in [1.54, 1.807) is 0 Å². The van der Waals surface area contributed by atoms with Crippen LogP contribution in [0.25, 0.3) is 0 Å². The number of nitrogens with zero attached hydrogens (tertiary/aromatic N) is 2. The molecule has 14 heavy (non-hydrogen) atoms. The number of hydrogen-bond donors (Lipinski definition) is 2. The van der Waals surface area contributed by atoms with Gasteiger partial charge >= 0.3 is 0 Å². The quantitative estimate of drug-likeness (QED) is 0.310. The number of hydrogen-bond acceptors (Lipinski definition) is 3. The molecule has 4 heteroatoms. The number of oxime groups is 1. The Hall–Kier alpha value is -0.770. The van der Waals surface area contributed by atoms with E-state index < -0.39 is 0 Å². The zero-order chi connectivity index (χ0) is 10.7. The largest absolute Gasteiger partial charge is 0.409 e. The lowest BCUT2D eigenvalue weighted by Gasteiger charge is -2.22. The maximum Gasteiger partial charge on any atom is 0.140 e. The number of nitrogens with two attached hydrogens (primary N) is 1. The van der Waals surface area contributed by atoms with E-state index in [2.05, 4.69) is 30.8 Å². The van der Waals surface area contributed by atoms with Gasteiger partial charge in [-0.2, -0.15) is 0 Å². The van der Waals surface area contributed by atoms with Crippen LogP contribution in [0.15, 0.2) is 5.16 Å². The standard InChI is InChI=1S/C10H21N3O/c1-7-6-13(9(3)8(7)2)5-4-10(11)12-14/h7-9,14H,4-6H2,1-3H3,(H2,11,12). The molecule has 3 atom stereocenters. The van der Waals surface area contributed by atoms with E-state index in [9.17, 15) is 0 Å². The summed E-state index contributed by atoms with van der Waals surface area (Å²) in [6, 6.07) is 0.608. The molecule has 1 rings (SSSR count). The maximum absolute atomic E-state index is 8.42. The van der Waals surface area contributed by atoms with E-state index in [0.29, 0.717) is 18.3 Å². The molecule has 3 unspecified atom stereocenters. The molecule has 0 radical (unpaired) electrons. The Kier molecular flexibility index (Phi) is 3.75. The normalized spacial score (nSPS) is 35.1. The van der Waals surface area contributed by atoms with E-state index in [0.717, 1.165) is 24.9 Å². The highest BCUT2D eigenvalue weighted by atomic mass is 16.4. The topological polar surface area (TPSA) is 61.8 Å². The van der Waals surface area contributed by atoms with Crippen LogP contribution in [0.5, 0.6) is 0 Å². The minimum atomic E-state index is 0.324. The summed E-state index contributed by atoms with van der Waals surface area (Å²) in [5, 5.41) is 11.4. The minimum absolute atomic E-state index is 0.324. The van der Waals surface area contributed by atoms with Crippen LogP contribution in [0.3, 0.4) is 0 Å². The average molecular weight is 199 g/mol. The molecule has 4 nitrogen and oxygen atoms in total. The second kappa shape index (κ2) is 4.64. The maximum atomic E-state index is 8.42. The predicted octanol–water partition coefficient (Wildman–Crippen LogP) is 1.10. The van der Waals surface area contributed by atoms with Crippen LogP contribution < -0.4 is 5.73 Å². The van der Waals surface area contributed by atoms with E-state index >= 15 is 0 Å². The van der Waals surface area contributed by atoms with Gasteiger partial charge in [0.1, 0.15) is 5.84 Å². The van der Waals surface area contributed by atoms with Crippen molar-refractivity contribution >= 4 is 5.84 Å². The lowest BCUT2D eigenvalue weighted by Crippen LogP contribution is -2.32. The zero-order valence-corrected chi connectivity index (χ0v) is 9.27. The molecular formula is C10H21N3O. The fourth-order valence-electron chi connectivity index (χ4n) is 2.11. The van der Waals surface area contributed by atoms with Crippen molar-refractivity contribution in [3.63, 3.8) is 0 Å². The third-order valence-corrected chi connectivity index (χ3v) is 3.54. The predicted molar refractivity (Wildman–Crippen MR) is 57.4 cm³/mol. The summed E-state index contributed by atoms with van der Waals surface area (Å²) < 4.78 is 0. The minimum Gasteiger partial charge on any atom is -0.409 e. The van der Waals surface area contributed by atoms with E-state index in [1.165, 1.54) is 0 Å². The summed E-state index contributed by atoms with van der Waals surface area (Å²) in [4.78, 5) is 2.41. The molecule has 1 aliphatic heterocycles. The molecule has 0 aromatic heterocycles. The van der Waals surface area contributed by atoms with Gasteiger partial charge < -0.3 is 10.9 Å². The molecule has 0 amide bonds. The van der Waals surface area contributed by atoms with Crippen molar-refractivity contribution in [2.45, 2.75) is 33.2 Å². The number of likely N-dealkylation sites (tertiary alicyclic amines) is 1. The molecule has 82 valence electrons. The lowest BCUT2D eigenvalue weighted by molar-refractivity contribution is 0.252. The summed E-state index contributed by atoms with van der Waals surface area (Å²) in [6.07, 6.45) is 0.653. The van der Waals surface area contributed by atoms with Crippen molar-refractivity contribution in [2.75, 3.05) is 13.1 Å². The van der Waals surface area contributed by atoms with Gasteiger partial charge in [-0.1, -0.05) is 19.0 Å². The van der Waals surface area contributed by atoms with E-state index in [-0.39, 0.29) is 0 Å². The number of amidine groups is 1. The van der Waals surface area contributed by atoms with Crippen LogP contribution in [-0.2, 0) is 0 Å². The Morgan fingerprint density at radius 2 is 2.14 bits per heavy atom. The van der Waals surface area contributed by atoms with Crippen molar-refractivity contribution in [1.29, 1.82) is 0 Å². The molecule has 3 N–H and O–H groups in total. The van der Waals surface area contributed by atoms with Gasteiger partial charge in [0, 0.05) is 25.6 Å². The SMILES string of the molecule is CC1CN(CC/C(N)=N/O)C(C)C1C. The van der Waals surface area contributed by atoms with Crippen molar-refractivity contribution in [3.8, 4) is 0 Å². The first kappa shape index (κ1) is 11.3. The van der Waals surface area contributed by atoms with Crippen LogP contribution in [0, 0.1) is 11.8 Å². The summed E-state index contributed by atoms with van der Waals surface area (Å²) in [5.74, 6) is 1.81. The van der Waals surface area contributed by atoms with Gasteiger partial charge in [0.2, 0.25) is 0 Å². The molecule has 0 aromatic carbocycles. The Bertz CT molecular complexity index is 217. The monoisotopic (exact) mass is 199 g/mol. The first-order valence-electron chi connectivity index (χ1n) is 5.26. The van der Waals surface area contributed by atoms with Gasteiger partial charge in [0.25, 0.3) is 0 Å². The van der Waals surface area contributed by atoms with Crippen LogP contribution in [0.1, 0.15) is 27.2 Å². The molecule has 0 bridgehead atoms.